The van der Waals surface area contributed by atoms with Crippen LogP contribution in [0.15, 0.2) is 23.1 Å². The summed E-state index contributed by atoms with van der Waals surface area (Å²) in [6.07, 6.45) is 0. The largest absolute Gasteiger partial charge is 0.223 e. The SMILES string of the molecule is CC(C)c1ccc(S(=O)(=O)C(C)C)cc1F. The van der Waals surface area contributed by atoms with Gasteiger partial charge >= 0.3 is 0 Å². The Balaban J connectivity index is 3.27. The number of sulfone groups is 1. The van der Waals surface area contributed by atoms with Crippen LogP contribution in [0.2, 0.25) is 0 Å². The number of hydrogen-bond acceptors (Lipinski definition) is 2. The Morgan fingerprint density at radius 1 is 1.12 bits per heavy atom. The third-order valence-corrected chi connectivity index (χ3v) is 4.70. The zero-order valence-electron chi connectivity index (χ0n) is 9.99. The van der Waals surface area contributed by atoms with E-state index in [1.165, 1.54) is 6.07 Å². The number of rotatable bonds is 3. The lowest BCUT2D eigenvalue weighted by Crippen LogP contribution is -2.14. The molecule has 0 heterocycles. The minimum absolute atomic E-state index is 0.0517. The first kappa shape index (κ1) is 13.2. The highest BCUT2D eigenvalue weighted by molar-refractivity contribution is 7.92. The molecule has 1 aromatic carbocycles. The van der Waals surface area contributed by atoms with Crippen molar-refractivity contribution in [3.8, 4) is 0 Å². The van der Waals surface area contributed by atoms with E-state index in [0.717, 1.165) is 6.07 Å². The molecular formula is C12H17FO2S. The molecule has 0 amide bonds. The second-order valence-corrected chi connectivity index (χ2v) is 6.94. The molecule has 0 aromatic heterocycles. The van der Waals surface area contributed by atoms with Crippen molar-refractivity contribution in [1.29, 1.82) is 0 Å². The van der Waals surface area contributed by atoms with Gasteiger partial charge in [-0.1, -0.05) is 19.9 Å². The van der Waals surface area contributed by atoms with Crippen LogP contribution >= 0.6 is 0 Å². The Kier molecular flexibility index (Phi) is 3.73. The highest BCUT2D eigenvalue weighted by Gasteiger charge is 2.20. The summed E-state index contributed by atoms with van der Waals surface area (Å²) >= 11 is 0. The van der Waals surface area contributed by atoms with E-state index in [1.54, 1.807) is 19.9 Å². The fraction of sp³-hybridized carbons (Fsp3) is 0.500. The van der Waals surface area contributed by atoms with Crippen LogP contribution in [0.3, 0.4) is 0 Å². The summed E-state index contributed by atoms with van der Waals surface area (Å²) in [5.41, 5.74) is 0.544. The smallest absolute Gasteiger partial charge is 0.180 e. The van der Waals surface area contributed by atoms with Crippen molar-refractivity contribution in [2.45, 2.75) is 43.8 Å². The third kappa shape index (κ3) is 2.43. The Bertz CT molecular complexity index is 476. The van der Waals surface area contributed by atoms with E-state index in [2.05, 4.69) is 0 Å². The van der Waals surface area contributed by atoms with Gasteiger partial charge in [-0.15, -0.1) is 0 Å². The third-order valence-electron chi connectivity index (χ3n) is 2.54. The summed E-state index contributed by atoms with van der Waals surface area (Å²) in [4.78, 5) is 0.0596. The molecule has 0 unspecified atom stereocenters. The summed E-state index contributed by atoms with van der Waals surface area (Å²) < 4.78 is 37.2. The minimum atomic E-state index is -3.38. The molecule has 0 aliphatic rings. The first-order valence-corrected chi connectivity index (χ1v) is 6.84. The number of halogens is 1. The quantitative estimate of drug-likeness (QED) is 0.818. The van der Waals surface area contributed by atoms with Gasteiger partial charge in [0.05, 0.1) is 10.1 Å². The van der Waals surface area contributed by atoms with E-state index in [9.17, 15) is 12.8 Å². The Morgan fingerprint density at radius 3 is 2.06 bits per heavy atom. The van der Waals surface area contributed by atoms with Crippen molar-refractivity contribution in [3.63, 3.8) is 0 Å². The predicted molar refractivity (Wildman–Crippen MR) is 62.8 cm³/mol. The van der Waals surface area contributed by atoms with Crippen molar-refractivity contribution in [2.24, 2.45) is 0 Å². The summed E-state index contributed by atoms with van der Waals surface area (Å²) in [6, 6.07) is 4.15. The molecule has 0 atom stereocenters. The topological polar surface area (TPSA) is 34.1 Å². The van der Waals surface area contributed by atoms with Crippen LogP contribution in [-0.4, -0.2) is 13.7 Å². The van der Waals surface area contributed by atoms with Crippen LogP contribution in [0.1, 0.15) is 39.2 Å². The van der Waals surface area contributed by atoms with E-state index < -0.39 is 20.9 Å². The van der Waals surface area contributed by atoms with Crippen molar-refractivity contribution in [2.75, 3.05) is 0 Å². The van der Waals surface area contributed by atoms with Crippen molar-refractivity contribution >= 4 is 9.84 Å². The van der Waals surface area contributed by atoms with E-state index in [1.807, 2.05) is 13.8 Å². The molecule has 0 aliphatic heterocycles. The van der Waals surface area contributed by atoms with Gasteiger partial charge in [0.15, 0.2) is 9.84 Å². The fourth-order valence-corrected chi connectivity index (χ4v) is 2.50. The van der Waals surface area contributed by atoms with Crippen LogP contribution < -0.4 is 0 Å². The highest BCUT2D eigenvalue weighted by atomic mass is 32.2. The average Bonchev–Trinajstić information content (AvgIpc) is 2.16. The molecule has 0 saturated heterocycles. The maximum atomic E-state index is 13.6. The fourth-order valence-electron chi connectivity index (χ4n) is 1.43. The van der Waals surface area contributed by atoms with Crippen molar-refractivity contribution in [1.82, 2.24) is 0 Å². The second-order valence-electron chi connectivity index (χ2n) is 4.43. The molecule has 0 aliphatic carbocycles. The van der Waals surface area contributed by atoms with Crippen LogP contribution in [0, 0.1) is 5.82 Å². The Morgan fingerprint density at radius 2 is 1.69 bits per heavy atom. The normalized spacial score (nSPS) is 12.4. The summed E-state index contributed by atoms with van der Waals surface area (Å²) in [6.45, 7) is 6.91. The predicted octanol–water partition coefficient (Wildman–Crippen LogP) is 3.13. The van der Waals surface area contributed by atoms with E-state index in [0.29, 0.717) is 5.56 Å². The zero-order chi connectivity index (χ0) is 12.5. The van der Waals surface area contributed by atoms with Crippen LogP contribution in [0.5, 0.6) is 0 Å². The van der Waals surface area contributed by atoms with E-state index >= 15 is 0 Å². The lowest BCUT2D eigenvalue weighted by molar-refractivity contribution is 0.576. The van der Waals surface area contributed by atoms with Crippen LogP contribution in [0.4, 0.5) is 4.39 Å². The van der Waals surface area contributed by atoms with Crippen molar-refractivity contribution < 1.29 is 12.8 Å². The van der Waals surface area contributed by atoms with Gasteiger partial charge in [-0.2, -0.15) is 0 Å². The lowest BCUT2D eigenvalue weighted by Gasteiger charge is -2.11. The number of benzene rings is 1. The second kappa shape index (κ2) is 4.53. The molecule has 1 rings (SSSR count). The zero-order valence-corrected chi connectivity index (χ0v) is 10.8. The first-order chi connectivity index (χ1) is 7.26. The molecule has 0 fully saturated rings. The summed E-state index contributed by atoms with van der Waals surface area (Å²) in [5, 5.41) is -0.531. The maximum Gasteiger partial charge on any atom is 0.180 e. The van der Waals surface area contributed by atoms with E-state index in [4.69, 9.17) is 0 Å². The Hall–Kier alpha value is -0.900. The molecule has 0 saturated carbocycles. The highest BCUT2D eigenvalue weighted by Crippen LogP contribution is 2.23. The molecule has 0 N–H and O–H groups in total. The van der Waals surface area contributed by atoms with Crippen LogP contribution in [0.25, 0.3) is 0 Å². The molecule has 90 valence electrons. The van der Waals surface area contributed by atoms with Gasteiger partial charge in [-0.25, -0.2) is 12.8 Å². The molecule has 0 radical (unpaired) electrons. The summed E-state index contributed by atoms with van der Waals surface area (Å²) in [7, 11) is -3.38. The molecule has 0 bridgehead atoms. The van der Waals surface area contributed by atoms with E-state index in [-0.39, 0.29) is 10.8 Å². The molecule has 16 heavy (non-hydrogen) atoms. The van der Waals surface area contributed by atoms with Gasteiger partial charge in [0.25, 0.3) is 0 Å². The van der Waals surface area contributed by atoms with Gasteiger partial charge < -0.3 is 0 Å². The number of hydrogen-bond donors (Lipinski definition) is 0. The summed E-state index contributed by atoms with van der Waals surface area (Å²) in [5.74, 6) is -0.396. The molecule has 4 heteroatoms. The lowest BCUT2D eigenvalue weighted by atomic mass is 10.0. The van der Waals surface area contributed by atoms with Gasteiger partial charge in [0.2, 0.25) is 0 Å². The van der Waals surface area contributed by atoms with Crippen LogP contribution in [-0.2, 0) is 9.84 Å². The minimum Gasteiger partial charge on any atom is -0.223 e. The molecular weight excluding hydrogens is 227 g/mol. The van der Waals surface area contributed by atoms with Gasteiger partial charge in [-0.05, 0) is 37.5 Å². The van der Waals surface area contributed by atoms with Crippen molar-refractivity contribution in [3.05, 3.63) is 29.6 Å². The first-order valence-electron chi connectivity index (χ1n) is 5.30. The Labute approximate surface area is 96.4 Å². The van der Waals surface area contributed by atoms with Gasteiger partial charge in [0.1, 0.15) is 5.82 Å². The molecule has 1 aromatic rings. The average molecular weight is 244 g/mol. The molecule has 2 nitrogen and oxygen atoms in total. The standard InChI is InChI=1S/C12H17FO2S/c1-8(2)11-6-5-10(7-12(11)13)16(14,15)9(3)4/h5-9H,1-4H3. The maximum absolute atomic E-state index is 13.6. The van der Waals surface area contributed by atoms with Gasteiger partial charge in [0, 0.05) is 0 Å². The monoisotopic (exact) mass is 244 g/mol. The van der Waals surface area contributed by atoms with Gasteiger partial charge in [-0.3, -0.25) is 0 Å². The molecule has 0 spiro atoms.